The molecule has 27 heavy (non-hydrogen) atoms. The topological polar surface area (TPSA) is 95.2 Å². The Hall–Kier alpha value is -3.74. The number of amides is 3. The Balaban J connectivity index is 1.50. The smallest absolute Gasteiger partial charge is 0.255 e. The number of nitrogens with one attached hydrogen (secondary N) is 2. The molecule has 0 aliphatic carbocycles. The molecule has 1 aliphatic heterocycles. The molecule has 7 nitrogen and oxygen atoms in total. The number of carbonyl (C=O) groups is 3. The summed E-state index contributed by atoms with van der Waals surface area (Å²) in [6.07, 6.45) is 2.12. The molecule has 1 saturated heterocycles. The van der Waals surface area contributed by atoms with E-state index in [0.29, 0.717) is 16.9 Å². The molecule has 4 rings (SSSR count). The van der Waals surface area contributed by atoms with E-state index in [2.05, 4.69) is 15.5 Å². The number of rotatable bonds is 4. The zero-order chi connectivity index (χ0) is 18.8. The lowest BCUT2D eigenvalue weighted by atomic mass is 10.1. The molecule has 2 N–H and O–H groups in total. The van der Waals surface area contributed by atoms with Crippen molar-refractivity contribution in [2.45, 2.75) is 12.8 Å². The second-order valence-corrected chi connectivity index (χ2v) is 6.18. The first-order valence-corrected chi connectivity index (χ1v) is 8.49. The second-order valence-electron chi connectivity index (χ2n) is 6.18. The minimum atomic E-state index is -0.276. The fraction of sp³-hybridized carbons (Fsp3) is 0.100. The van der Waals surface area contributed by atoms with Gasteiger partial charge in [0.05, 0.1) is 11.4 Å². The quantitative estimate of drug-likeness (QED) is 0.699. The van der Waals surface area contributed by atoms with E-state index < -0.39 is 0 Å². The molecule has 3 aromatic rings. The second kappa shape index (κ2) is 6.87. The van der Waals surface area contributed by atoms with E-state index >= 15 is 0 Å². The summed E-state index contributed by atoms with van der Waals surface area (Å²) in [4.78, 5) is 37.2. The van der Waals surface area contributed by atoms with Crippen LogP contribution in [-0.4, -0.2) is 27.9 Å². The number of benzene rings is 2. The highest BCUT2D eigenvalue weighted by Gasteiger charge is 2.30. The van der Waals surface area contributed by atoms with Crippen LogP contribution in [0.3, 0.4) is 0 Å². The van der Waals surface area contributed by atoms with E-state index in [1.165, 1.54) is 0 Å². The van der Waals surface area contributed by atoms with Gasteiger partial charge >= 0.3 is 0 Å². The number of hydrogen-bond acceptors (Lipinski definition) is 4. The van der Waals surface area contributed by atoms with Gasteiger partial charge in [-0.05, 0) is 42.5 Å². The van der Waals surface area contributed by atoms with Crippen molar-refractivity contribution in [3.8, 4) is 11.3 Å². The maximum Gasteiger partial charge on any atom is 0.255 e. The molecule has 2 aromatic carbocycles. The Labute approximate surface area is 155 Å². The molecule has 3 amide bonds. The summed E-state index contributed by atoms with van der Waals surface area (Å²) in [7, 11) is 0. The molecule has 0 spiro atoms. The average molecular weight is 360 g/mol. The van der Waals surface area contributed by atoms with Gasteiger partial charge < -0.3 is 5.32 Å². The molecule has 0 saturated carbocycles. The summed E-state index contributed by atoms with van der Waals surface area (Å²) in [5, 5.41) is 9.65. The Morgan fingerprint density at radius 3 is 2.41 bits per heavy atom. The Morgan fingerprint density at radius 1 is 1.00 bits per heavy atom. The SMILES string of the molecule is O=C(Nc1cccc(-c2ccn[nH]2)c1)c1ccc(N2C(=O)CCC2=O)cc1. The molecule has 134 valence electrons. The van der Waals surface area contributed by atoms with E-state index in [1.807, 2.05) is 24.3 Å². The fourth-order valence-corrected chi connectivity index (χ4v) is 3.01. The molecule has 7 heteroatoms. The molecule has 0 radical (unpaired) electrons. The van der Waals surface area contributed by atoms with Crippen LogP contribution in [0.5, 0.6) is 0 Å². The highest BCUT2D eigenvalue weighted by molar-refractivity contribution is 6.20. The number of H-pyrrole nitrogens is 1. The van der Waals surface area contributed by atoms with Crippen LogP contribution < -0.4 is 10.2 Å². The minimum absolute atomic E-state index is 0.215. The summed E-state index contributed by atoms with van der Waals surface area (Å²) in [6.45, 7) is 0. The van der Waals surface area contributed by atoms with Crippen molar-refractivity contribution >= 4 is 29.1 Å². The van der Waals surface area contributed by atoms with Crippen LogP contribution >= 0.6 is 0 Å². The molecule has 0 unspecified atom stereocenters. The van der Waals surface area contributed by atoms with Gasteiger partial charge in [-0.15, -0.1) is 0 Å². The lowest BCUT2D eigenvalue weighted by Crippen LogP contribution is -2.28. The third kappa shape index (κ3) is 3.35. The van der Waals surface area contributed by atoms with E-state index in [1.54, 1.807) is 36.5 Å². The summed E-state index contributed by atoms with van der Waals surface area (Å²) >= 11 is 0. The molecular weight excluding hydrogens is 344 g/mol. The minimum Gasteiger partial charge on any atom is -0.322 e. The van der Waals surface area contributed by atoms with Crippen LogP contribution in [0.4, 0.5) is 11.4 Å². The molecular formula is C20H16N4O3. The predicted molar refractivity (Wildman–Crippen MR) is 100 cm³/mol. The van der Waals surface area contributed by atoms with Gasteiger partial charge in [-0.3, -0.25) is 24.4 Å². The van der Waals surface area contributed by atoms with Crippen molar-refractivity contribution in [3.05, 3.63) is 66.4 Å². The number of anilines is 2. The third-order valence-corrected chi connectivity index (χ3v) is 4.37. The number of aromatic nitrogens is 2. The number of aromatic amines is 1. The van der Waals surface area contributed by atoms with E-state index in [9.17, 15) is 14.4 Å². The predicted octanol–water partition coefficient (Wildman–Crippen LogP) is 2.98. The Morgan fingerprint density at radius 2 is 1.74 bits per heavy atom. The number of hydrogen-bond donors (Lipinski definition) is 2. The number of carbonyl (C=O) groups excluding carboxylic acids is 3. The van der Waals surface area contributed by atoms with Crippen molar-refractivity contribution in [2.24, 2.45) is 0 Å². The zero-order valence-electron chi connectivity index (χ0n) is 14.3. The molecule has 1 aromatic heterocycles. The van der Waals surface area contributed by atoms with Gasteiger partial charge in [0.1, 0.15) is 0 Å². The van der Waals surface area contributed by atoms with Crippen LogP contribution in [0.25, 0.3) is 11.3 Å². The van der Waals surface area contributed by atoms with Crippen molar-refractivity contribution in [1.29, 1.82) is 0 Å². The van der Waals surface area contributed by atoms with Crippen molar-refractivity contribution in [1.82, 2.24) is 10.2 Å². The van der Waals surface area contributed by atoms with Crippen molar-refractivity contribution < 1.29 is 14.4 Å². The van der Waals surface area contributed by atoms with Crippen LogP contribution in [0.2, 0.25) is 0 Å². The standard InChI is InChI=1S/C20H16N4O3/c25-18-8-9-19(26)24(18)16-6-4-13(5-7-16)20(27)22-15-3-1-2-14(12-15)17-10-11-21-23-17/h1-7,10-12H,8-9H2,(H,21,23)(H,22,27). The lowest BCUT2D eigenvalue weighted by Gasteiger charge is -2.14. The van der Waals surface area contributed by atoms with Gasteiger partial charge in [-0.1, -0.05) is 12.1 Å². The first-order valence-electron chi connectivity index (χ1n) is 8.49. The third-order valence-electron chi connectivity index (χ3n) is 4.37. The van der Waals surface area contributed by atoms with E-state index in [-0.39, 0.29) is 30.6 Å². The highest BCUT2D eigenvalue weighted by atomic mass is 16.2. The van der Waals surface area contributed by atoms with Crippen LogP contribution in [0.1, 0.15) is 23.2 Å². The van der Waals surface area contributed by atoms with Gasteiger partial charge in [0.15, 0.2) is 0 Å². The monoisotopic (exact) mass is 360 g/mol. The van der Waals surface area contributed by atoms with Crippen molar-refractivity contribution in [2.75, 3.05) is 10.2 Å². The van der Waals surface area contributed by atoms with E-state index in [0.717, 1.165) is 16.2 Å². The maximum absolute atomic E-state index is 12.5. The summed E-state index contributed by atoms with van der Waals surface area (Å²) in [5.74, 6) is -0.706. The highest BCUT2D eigenvalue weighted by Crippen LogP contribution is 2.24. The zero-order valence-corrected chi connectivity index (χ0v) is 14.3. The largest absolute Gasteiger partial charge is 0.322 e. The molecule has 1 fully saturated rings. The summed E-state index contributed by atoms with van der Waals surface area (Å²) in [6, 6.07) is 15.7. The number of nitrogens with zero attached hydrogens (tertiary/aromatic N) is 2. The Bertz CT molecular complexity index is 994. The lowest BCUT2D eigenvalue weighted by molar-refractivity contribution is -0.121. The van der Waals surface area contributed by atoms with Crippen LogP contribution in [0.15, 0.2) is 60.8 Å². The maximum atomic E-state index is 12.5. The van der Waals surface area contributed by atoms with Gasteiger partial charge in [0, 0.05) is 35.9 Å². The van der Waals surface area contributed by atoms with Gasteiger partial charge in [-0.2, -0.15) is 5.10 Å². The molecule has 0 bridgehead atoms. The molecule has 1 aliphatic rings. The first-order chi connectivity index (χ1) is 13.1. The molecule has 2 heterocycles. The summed E-state index contributed by atoms with van der Waals surface area (Å²) < 4.78 is 0. The van der Waals surface area contributed by atoms with Gasteiger partial charge in [0.25, 0.3) is 5.91 Å². The fourth-order valence-electron chi connectivity index (χ4n) is 3.01. The summed E-state index contributed by atoms with van der Waals surface area (Å²) in [5.41, 5.74) is 3.34. The average Bonchev–Trinajstić information content (AvgIpc) is 3.32. The van der Waals surface area contributed by atoms with Crippen molar-refractivity contribution in [3.63, 3.8) is 0 Å². The van der Waals surface area contributed by atoms with Crippen LogP contribution in [-0.2, 0) is 9.59 Å². The van der Waals surface area contributed by atoms with Gasteiger partial charge in [0.2, 0.25) is 11.8 Å². The van der Waals surface area contributed by atoms with Gasteiger partial charge in [-0.25, -0.2) is 0 Å². The number of imide groups is 1. The first kappa shape index (κ1) is 16.7. The molecule has 0 atom stereocenters. The normalized spacial score (nSPS) is 13.9. The van der Waals surface area contributed by atoms with Crippen LogP contribution in [0, 0.1) is 0 Å². The van der Waals surface area contributed by atoms with E-state index in [4.69, 9.17) is 0 Å². The Kier molecular flexibility index (Phi) is 4.25.